The highest BCUT2D eigenvalue weighted by Crippen LogP contribution is 2.17. The minimum Gasteiger partial charge on any atom is -0.331 e. The Hall–Kier alpha value is -2.97. The number of aromatic amines is 1. The van der Waals surface area contributed by atoms with E-state index in [9.17, 15) is 4.79 Å². The van der Waals surface area contributed by atoms with Gasteiger partial charge < -0.3 is 4.90 Å². The van der Waals surface area contributed by atoms with Crippen molar-refractivity contribution in [1.29, 1.82) is 0 Å². The Morgan fingerprint density at radius 1 is 1.30 bits per heavy atom. The first-order chi connectivity index (χ1) is 11.3. The van der Waals surface area contributed by atoms with Crippen molar-refractivity contribution in [3.63, 3.8) is 0 Å². The molecule has 4 rings (SSSR count). The molecule has 0 saturated heterocycles. The van der Waals surface area contributed by atoms with E-state index >= 15 is 0 Å². The maximum Gasteiger partial charge on any atom is 0.272 e. The van der Waals surface area contributed by atoms with Gasteiger partial charge in [-0.25, -0.2) is 4.68 Å². The first kappa shape index (κ1) is 13.7. The number of rotatable bonds is 3. The van der Waals surface area contributed by atoms with Crippen LogP contribution in [-0.4, -0.2) is 52.3 Å². The molecule has 9 heteroatoms. The fraction of sp³-hybridized carbons (Fsp3) is 0.357. The summed E-state index contributed by atoms with van der Waals surface area (Å²) >= 11 is 0. The zero-order chi connectivity index (χ0) is 15.6. The van der Waals surface area contributed by atoms with E-state index in [1.54, 1.807) is 23.1 Å². The molecule has 0 atom stereocenters. The Kier molecular flexibility index (Phi) is 3.37. The minimum absolute atomic E-state index is 0.0535. The molecule has 0 fully saturated rings. The van der Waals surface area contributed by atoms with Crippen molar-refractivity contribution >= 4 is 5.91 Å². The fourth-order valence-electron chi connectivity index (χ4n) is 2.78. The summed E-state index contributed by atoms with van der Waals surface area (Å²) in [6.07, 6.45) is 6.05. The zero-order valence-electron chi connectivity index (χ0n) is 12.5. The molecule has 1 aliphatic rings. The smallest absolute Gasteiger partial charge is 0.272 e. The lowest BCUT2D eigenvalue weighted by molar-refractivity contribution is 0.0739. The summed E-state index contributed by atoms with van der Waals surface area (Å²) in [5.74, 6) is -0.0535. The maximum absolute atomic E-state index is 12.6. The largest absolute Gasteiger partial charge is 0.331 e. The molecule has 0 bridgehead atoms. The van der Waals surface area contributed by atoms with E-state index in [1.165, 1.54) is 0 Å². The normalized spacial score (nSPS) is 14.5. The van der Waals surface area contributed by atoms with Gasteiger partial charge in [-0.05, 0) is 18.6 Å². The van der Waals surface area contributed by atoms with E-state index in [1.807, 2.05) is 21.8 Å². The van der Waals surface area contributed by atoms with Crippen LogP contribution in [0.4, 0.5) is 0 Å². The van der Waals surface area contributed by atoms with Gasteiger partial charge in [0.05, 0.1) is 18.8 Å². The first-order valence-corrected chi connectivity index (χ1v) is 7.48. The average molecular weight is 312 g/mol. The lowest BCUT2D eigenvalue weighted by Crippen LogP contribution is -2.31. The van der Waals surface area contributed by atoms with Crippen molar-refractivity contribution < 1.29 is 4.79 Å². The van der Waals surface area contributed by atoms with Crippen molar-refractivity contribution in [3.8, 4) is 0 Å². The number of fused-ring (bicyclic) bond motifs is 1. The summed E-state index contributed by atoms with van der Waals surface area (Å²) in [5.41, 5.74) is 2.31. The van der Waals surface area contributed by atoms with Crippen molar-refractivity contribution in [2.24, 2.45) is 0 Å². The van der Waals surface area contributed by atoms with Gasteiger partial charge in [0.15, 0.2) is 0 Å². The SMILES string of the molecule is O=C(c1ccn[nH]1)N1CCCn2nnc(Cn3cccn3)c2C1. The van der Waals surface area contributed by atoms with Gasteiger partial charge in [-0.2, -0.15) is 10.2 Å². The van der Waals surface area contributed by atoms with E-state index < -0.39 is 0 Å². The molecular weight excluding hydrogens is 296 g/mol. The second-order valence-corrected chi connectivity index (χ2v) is 5.46. The van der Waals surface area contributed by atoms with Crippen LogP contribution in [0.1, 0.15) is 28.3 Å². The van der Waals surface area contributed by atoms with Crippen LogP contribution >= 0.6 is 0 Å². The number of amides is 1. The fourth-order valence-corrected chi connectivity index (χ4v) is 2.78. The summed E-state index contributed by atoms with van der Waals surface area (Å²) in [5, 5.41) is 19.3. The monoisotopic (exact) mass is 312 g/mol. The van der Waals surface area contributed by atoms with Crippen LogP contribution in [-0.2, 0) is 19.6 Å². The van der Waals surface area contributed by atoms with Crippen LogP contribution in [0.25, 0.3) is 0 Å². The molecule has 1 aliphatic heterocycles. The number of hydrogen-bond acceptors (Lipinski definition) is 5. The summed E-state index contributed by atoms with van der Waals surface area (Å²) in [7, 11) is 0. The van der Waals surface area contributed by atoms with Crippen LogP contribution < -0.4 is 0 Å². The highest BCUT2D eigenvalue weighted by atomic mass is 16.2. The number of aryl methyl sites for hydroxylation is 1. The van der Waals surface area contributed by atoms with E-state index in [2.05, 4.69) is 25.6 Å². The van der Waals surface area contributed by atoms with Crippen molar-refractivity contribution in [2.45, 2.75) is 26.1 Å². The Labute approximate surface area is 131 Å². The van der Waals surface area contributed by atoms with Gasteiger partial charge in [0.25, 0.3) is 5.91 Å². The molecule has 0 saturated carbocycles. The minimum atomic E-state index is -0.0535. The van der Waals surface area contributed by atoms with E-state index in [0.717, 1.165) is 24.4 Å². The van der Waals surface area contributed by atoms with Gasteiger partial charge in [0, 0.05) is 31.7 Å². The highest BCUT2D eigenvalue weighted by molar-refractivity contribution is 5.92. The second kappa shape index (κ2) is 5.67. The number of hydrogen-bond donors (Lipinski definition) is 1. The molecule has 3 aromatic heterocycles. The molecule has 0 radical (unpaired) electrons. The molecule has 0 spiro atoms. The molecule has 0 unspecified atom stereocenters. The van der Waals surface area contributed by atoms with Gasteiger partial charge in [-0.1, -0.05) is 5.21 Å². The van der Waals surface area contributed by atoms with Crippen LogP contribution in [0.3, 0.4) is 0 Å². The van der Waals surface area contributed by atoms with Gasteiger partial charge in [0.1, 0.15) is 11.4 Å². The molecule has 3 aromatic rings. The predicted molar refractivity (Wildman–Crippen MR) is 79.3 cm³/mol. The number of nitrogens with zero attached hydrogens (tertiary/aromatic N) is 7. The van der Waals surface area contributed by atoms with Gasteiger partial charge >= 0.3 is 0 Å². The predicted octanol–water partition coefficient (Wildman–Crippen LogP) is 0.292. The second-order valence-electron chi connectivity index (χ2n) is 5.46. The molecule has 1 amide bonds. The summed E-state index contributed by atoms with van der Waals surface area (Å²) < 4.78 is 3.69. The zero-order valence-corrected chi connectivity index (χ0v) is 12.5. The molecule has 4 heterocycles. The number of H-pyrrole nitrogens is 1. The number of aromatic nitrogens is 7. The van der Waals surface area contributed by atoms with Gasteiger partial charge in [0.2, 0.25) is 0 Å². The summed E-state index contributed by atoms with van der Waals surface area (Å²) in [6, 6.07) is 3.56. The number of carbonyl (C=O) groups is 1. The lowest BCUT2D eigenvalue weighted by atomic mass is 10.2. The Morgan fingerprint density at radius 2 is 2.26 bits per heavy atom. The molecule has 23 heavy (non-hydrogen) atoms. The Morgan fingerprint density at radius 3 is 3.04 bits per heavy atom. The van der Waals surface area contributed by atoms with Gasteiger partial charge in [-0.3, -0.25) is 14.6 Å². The van der Waals surface area contributed by atoms with Crippen LogP contribution in [0.15, 0.2) is 30.7 Å². The third kappa shape index (κ3) is 2.60. The molecule has 9 nitrogen and oxygen atoms in total. The molecular formula is C14H16N8O. The first-order valence-electron chi connectivity index (χ1n) is 7.48. The number of nitrogens with one attached hydrogen (secondary N) is 1. The third-order valence-electron chi connectivity index (χ3n) is 3.95. The quantitative estimate of drug-likeness (QED) is 0.750. The Balaban J connectivity index is 1.60. The van der Waals surface area contributed by atoms with Crippen LogP contribution in [0, 0.1) is 0 Å². The standard InChI is InChI=1S/C14H16N8O/c23-14(11-3-5-15-17-11)20-6-2-8-22-13(10-20)12(18-19-22)9-21-7-1-4-16-21/h1,3-5,7H,2,6,8-10H2,(H,15,17). The van der Waals surface area contributed by atoms with Crippen molar-refractivity contribution in [2.75, 3.05) is 6.54 Å². The third-order valence-corrected chi connectivity index (χ3v) is 3.95. The summed E-state index contributed by atoms with van der Waals surface area (Å²) in [4.78, 5) is 14.4. The highest BCUT2D eigenvalue weighted by Gasteiger charge is 2.24. The topological polar surface area (TPSA) is 97.5 Å². The van der Waals surface area contributed by atoms with Crippen molar-refractivity contribution in [1.82, 2.24) is 39.9 Å². The maximum atomic E-state index is 12.6. The van der Waals surface area contributed by atoms with Crippen LogP contribution in [0.5, 0.6) is 0 Å². The van der Waals surface area contributed by atoms with E-state index in [4.69, 9.17) is 0 Å². The Bertz CT molecular complexity index is 789. The van der Waals surface area contributed by atoms with Crippen molar-refractivity contribution in [3.05, 3.63) is 47.8 Å². The van der Waals surface area contributed by atoms with E-state index in [0.29, 0.717) is 25.3 Å². The molecule has 0 aliphatic carbocycles. The van der Waals surface area contributed by atoms with Gasteiger partial charge in [-0.15, -0.1) is 5.10 Å². The molecule has 0 aromatic carbocycles. The average Bonchev–Trinajstić information content (AvgIpc) is 3.29. The number of carbonyl (C=O) groups excluding carboxylic acids is 1. The van der Waals surface area contributed by atoms with Crippen LogP contribution in [0.2, 0.25) is 0 Å². The summed E-state index contributed by atoms with van der Waals surface area (Å²) in [6.45, 7) is 2.48. The molecule has 1 N–H and O–H groups in total. The lowest BCUT2D eigenvalue weighted by Gasteiger charge is -2.19. The molecule has 118 valence electrons. The van der Waals surface area contributed by atoms with E-state index in [-0.39, 0.29) is 5.91 Å².